The molecule has 0 aromatic heterocycles. The van der Waals surface area contributed by atoms with Gasteiger partial charge in [0.05, 0.1) is 5.56 Å². The van der Waals surface area contributed by atoms with E-state index in [4.69, 9.17) is 0 Å². The van der Waals surface area contributed by atoms with Crippen molar-refractivity contribution in [3.05, 3.63) is 53.6 Å². The number of hydrogen-bond acceptors (Lipinski definition) is 2. The van der Waals surface area contributed by atoms with Gasteiger partial charge in [0.15, 0.2) is 0 Å². The molecule has 2 N–H and O–H groups in total. The molecule has 1 aliphatic rings. The molecule has 0 saturated carbocycles. The van der Waals surface area contributed by atoms with Gasteiger partial charge in [0.1, 0.15) is 0 Å². The molecule has 5 nitrogen and oxygen atoms in total. The van der Waals surface area contributed by atoms with Crippen LogP contribution in [-0.2, 0) is 11.0 Å². The van der Waals surface area contributed by atoms with Crippen LogP contribution in [0.2, 0.25) is 0 Å². The highest BCUT2D eigenvalue weighted by Gasteiger charge is 2.30. The van der Waals surface area contributed by atoms with E-state index in [1.165, 1.54) is 12.1 Å². The Balaban J connectivity index is 1.64. The number of urea groups is 1. The minimum atomic E-state index is -4.42. The largest absolute Gasteiger partial charge is 0.416 e. The Morgan fingerprint density at radius 3 is 2.22 bits per heavy atom. The van der Waals surface area contributed by atoms with Gasteiger partial charge in [-0.1, -0.05) is 0 Å². The zero-order valence-electron chi connectivity index (χ0n) is 14.6. The summed E-state index contributed by atoms with van der Waals surface area (Å²) in [6.07, 6.45) is -3.06. The van der Waals surface area contributed by atoms with Crippen molar-refractivity contribution in [2.24, 2.45) is 0 Å². The average Bonchev–Trinajstić information content (AvgIpc) is 3.00. The van der Waals surface area contributed by atoms with E-state index in [9.17, 15) is 22.8 Å². The standard InChI is InChI=1S/C19H18F3N3O2/c1-12-11-15(8-9-16(12)25-10-2-3-17(25)26)24-18(27)23-14-6-4-13(5-7-14)19(20,21)22/h4-9,11H,2-3,10H2,1H3,(H2,23,24,27). The van der Waals surface area contributed by atoms with Crippen LogP contribution in [0.5, 0.6) is 0 Å². The predicted molar refractivity (Wildman–Crippen MR) is 96.9 cm³/mol. The minimum Gasteiger partial charge on any atom is -0.312 e. The Labute approximate surface area is 154 Å². The van der Waals surface area contributed by atoms with Gasteiger partial charge in [-0.05, 0) is 61.4 Å². The quantitative estimate of drug-likeness (QED) is 0.808. The molecule has 2 aromatic rings. The first kappa shape index (κ1) is 18.8. The second kappa shape index (κ2) is 7.30. The number of carbonyl (C=O) groups is 2. The Bertz CT molecular complexity index is 863. The van der Waals surface area contributed by atoms with Crippen molar-refractivity contribution in [1.29, 1.82) is 0 Å². The SMILES string of the molecule is Cc1cc(NC(=O)Nc2ccc(C(F)(F)F)cc2)ccc1N1CCCC1=O. The number of alkyl halides is 3. The first-order valence-electron chi connectivity index (χ1n) is 8.40. The van der Waals surface area contributed by atoms with Gasteiger partial charge in [0.25, 0.3) is 0 Å². The van der Waals surface area contributed by atoms with Crippen molar-refractivity contribution < 1.29 is 22.8 Å². The summed E-state index contributed by atoms with van der Waals surface area (Å²) in [6.45, 7) is 2.53. The van der Waals surface area contributed by atoms with Crippen molar-refractivity contribution in [3.63, 3.8) is 0 Å². The van der Waals surface area contributed by atoms with E-state index in [0.29, 0.717) is 18.7 Å². The maximum Gasteiger partial charge on any atom is 0.416 e. The van der Waals surface area contributed by atoms with Crippen LogP contribution in [0.4, 0.5) is 35.0 Å². The molecule has 0 spiro atoms. The first-order chi connectivity index (χ1) is 12.7. The van der Waals surface area contributed by atoms with Gasteiger partial charge in [0, 0.05) is 30.0 Å². The lowest BCUT2D eigenvalue weighted by molar-refractivity contribution is -0.137. The number of nitrogens with zero attached hydrogens (tertiary/aromatic N) is 1. The van der Waals surface area contributed by atoms with E-state index >= 15 is 0 Å². The van der Waals surface area contributed by atoms with Gasteiger partial charge < -0.3 is 15.5 Å². The highest BCUT2D eigenvalue weighted by atomic mass is 19.4. The Hall–Kier alpha value is -3.03. The van der Waals surface area contributed by atoms with Gasteiger partial charge in [-0.2, -0.15) is 13.2 Å². The third kappa shape index (κ3) is 4.39. The number of benzene rings is 2. The molecule has 0 radical (unpaired) electrons. The van der Waals surface area contributed by atoms with Crippen LogP contribution < -0.4 is 15.5 Å². The first-order valence-corrected chi connectivity index (χ1v) is 8.40. The van der Waals surface area contributed by atoms with E-state index < -0.39 is 17.8 Å². The normalized spacial score (nSPS) is 14.4. The second-order valence-corrected chi connectivity index (χ2v) is 6.30. The van der Waals surface area contributed by atoms with E-state index in [1.54, 1.807) is 23.1 Å². The fraction of sp³-hybridized carbons (Fsp3) is 0.263. The number of nitrogens with one attached hydrogen (secondary N) is 2. The van der Waals surface area contributed by atoms with Crippen molar-refractivity contribution in [2.75, 3.05) is 22.1 Å². The zero-order chi connectivity index (χ0) is 19.6. The molecule has 0 aliphatic carbocycles. The lowest BCUT2D eigenvalue weighted by Crippen LogP contribution is -2.24. The molecule has 2 aromatic carbocycles. The number of anilines is 3. The van der Waals surface area contributed by atoms with E-state index in [-0.39, 0.29) is 11.6 Å². The smallest absolute Gasteiger partial charge is 0.312 e. The molecule has 27 heavy (non-hydrogen) atoms. The second-order valence-electron chi connectivity index (χ2n) is 6.30. The topological polar surface area (TPSA) is 61.4 Å². The summed E-state index contributed by atoms with van der Waals surface area (Å²) in [5.74, 6) is 0.0823. The van der Waals surface area contributed by atoms with Gasteiger partial charge in [0.2, 0.25) is 5.91 Å². The van der Waals surface area contributed by atoms with Gasteiger partial charge in [-0.15, -0.1) is 0 Å². The Kier molecular flexibility index (Phi) is 5.07. The summed E-state index contributed by atoms with van der Waals surface area (Å²) in [5, 5.41) is 5.11. The summed E-state index contributed by atoms with van der Waals surface area (Å²) >= 11 is 0. The summed E-state index contributed by atoms with van der Waals surface area (Å²) in [7, 11) is 0. The highest BCUT2D eigenvalue weighted by Crippen LogP contribution is 2.30. The lowest BCUT2D eigenvalue weighted by Gasteiger charge is -2.19. The predicted octanol–water partition coefficient (Wildman–Crippen LogP) is 4.78. The van der Waals surface area contributed by atoms with Crippen LogP contribution in [0.1, 0.15) is 24.0 Å². The molecule has 0 bridgehead atoms. The van der Waals surface area contributed by atoms with Crippen LogP contribution >= 0.6 is 0 Å². The average molecular weight is 377 g/mol. The third-order valence-corrected chi connectivity index (χ3v) is 4.29. The molecule has 8 heteroatoms. The van der Waals surface area contributed by atoms with Gasteiger partial charge >= 0.3 is 12.2 Å². The molecule has 0 unspecified atom stereocenters. The molecule has 1 fully saturated rings. The van der Waals surface area contributed by atoms with Gasteiger partial charge in [-0.3, -0.25) is 4.79 Å². The van der Waals surface area contributed by atoms with Gasteiger partial charge in [-0.25, -0.2) is 4.79 Å². The molecule has 1 heterocycles. The molecule has 1 saturated heterocycles. The maximum atomic E-state index is 12.6. The summed E-state index contributed by atoms with van der Waals surface area (Å²) < 4.78 is 37.7. The Morgan fingerprint density at radius 1 is 1.04 bits per heavy atom. The molecule has 142 valence electrons. The number of rotatable bonds is 3. The summed E-state index contributed by atoms with van der Waals surface area (Å²) in [4.78, 5) is 25.6. The van der Waals surface area contributed by atoms with E-state index in [0.717, 1.165) is 29.8 Å². The summed E-state index contributed by atoms with van der Waals surface area (Å²) in [6, 6.07) is 8.81. The number of aryl methyl sites for hydroxylation is 1. The number of hydrogen-bond donors (Lipinski definition) is 2. The zero-order valence-corrected chi connectivity index (χ0v) is 14.6. The van der Waals surface area contributed by atoms with Crippen molar-refractivity contribution in [1.82, 2.24) is 0 Å². The van der Waals surface area contributed by atoms with E-state index in [1.807, 2.05) is 6.92 Å². The van der Waals surface area contributed by atoms with Crippen molar-refractivity contribution >= 4 is 29.0 Å². The monoisotopic (exact) mass is 377 g/mol. The van der Waals surface area contributed by atoms with Crippen LogP contribution in [0, 0.1) is 6.92 Å². The maximum absolute atomic E-state index is 12.6. The number of carbonyl (C=O) groups excluding carboxylic acids is 2. The molecular weight excluding hydrogens is 359 g/mol. The highest BCUT2D eigenvalue weighted by molar-refractivity contribution is 6.00. The minimum absolute atomic E-state index is 0.0823. The Morgan fingerprint density at radius 2 is 1.67 bits per heavy atom. The van der Waals surface area contributed by atoms with Crippen LogP contribution in [0.15, 0.2) is 42.5 Å². The molecule has 1 aliphatic heterocycles. The third-order valence-electron chi connectivity index (χ3n) is 4.29. The van der Waals surface area contributed by atoms with Crippen molar-refractivity contribution in [2.45, 2.75) is 25.9 Å². The number of halogens is 3. The molecule has 3 amide bonds. The van der Waals surface area contributed by atoms with E-state index in [2.05, 4.69) is 10.6 Å². The molecular formula is C19H18F3N3O2. The van der Waals surface area contributed by atoms with Crippen LogP contribution in [0.25, 0.3) is 0 Å². The summed E-state index contributed by atoms with van der Waals surface area (Å²) in [5.41, 5.74) is 1.64. The van der Waals surface area contributed by atoms with Crippen molar-refractivity contribution in [3.8, 4) is 0 Å². The van der Waals surface area contributed by atoms with Crippen LogP contribution in [0.3, 0.4) is 0 Å². The molecule has 3 rings (SSSR count). The lowest BCUT2D eigenvalue weighted by atomic mass is 10.1. The molecule has 0 atom stereocenters. The fourth-order valence-corrected chi connectivity index (χ4v) is 2.97. The number of amides is 3. The van der Waals surface area contributed by atoms with Crippen LogP contribution in [-0.4, -0.2) is 18.5 Å². The fourth-order valence-electron chi connectivity index (χ4n) is 2.97.